The number of hydrogen-bond donors (Lipinski definition) is 1. The van der Waals surface area contributed by atoms with Crippen molar-refractivity contribution in [2.24, 2.45) is 0 Å². The number of hydrogen-bond acceptors (Lipinski definition) is 4. The Hall–Kier alpha value is -2.21. The Bertz CT molecular complexity index is 694. The summed E-state index contributed by atoms with van der Waals surface area (Å²) in [6.07, 6.45) is 0.968. The van der Waals surface area contributed by atoms with Gasteiger partial charge in [0.1, 0.15) is 5.82 Å². The van der Waals surface area contributed by atoms with Gasteiger partial charge in [-0.3, -0.25) is 14.2 Å². The predicted molar refractivity (Wildman–Crippen MR) is 78.5 cm³/mol. The lowest BCUT2D eigenvalue weighted by Crippen LogP contribution is -2.27. The number of methoxy groups -OCH3 is 1. The third-order valence-electron chi connectivity index (χ3n) is 3.25. The highest BCUT2D eigenvalue weighted by Crippen LogP contribution is 2.10. The molecular weight excluding hydrogens is 272 g/mol. The van der Waals surface area contributed by atoms with Gasteiger partial charge in [0.15, 0.2) is 0 Å². The molecule has 0 unspecified atom stereocenters. The summed E-state index contributed by atoms with van der Waals surface area (Å²) in [5.41, 5.74) is 0.532. The van der Waals surface area contributed by atoms with Crippen molar-refractivity contribution >= 4 is 16.9 Å². The van der Waals surface area contributed by atoms with Crippen molar-refractivity contribution in [2.45, 2.75) is 25.8 Å². The summed E-state index contributed by atoms with van der Waals surface area (Å²) in [5, 5.41) is 9.28. The molecule has 112 valence electrons. The van der Waals surface area contributed by atoms with E-state index >= 15 is 0 Å². The van der Waals surface area contributed by atoms with Gasteiger partial charge < -0.3 is 9.84 Å². The van der Waals surface area contributed by atoms with Gasteiger partial charge in [-0.2, -0.15) is 0 Å². The van der Waals surface area contributed by atoms with Crippen LogP contribution in [0.1, 0.15) is 18.7 Å². The van der Waals surface area contributed by atoms with Gasteiger partial charge >= 0.3 is 5.97 Å². The van der Waals surface area contributed by atoms with Crippen molar-refractivity contribution in [3.8, 4) is 0 Å². The average molecular weight is 290 g/mol. The van der Waals surface area contributed by atoms with Crippen molar-refractivity contribution in [1.82, 2.24) is 9.55 Å². The SMILES string of the molecule is COCCn1c(CCCC(=O)O)nc2ccccc2c1=O. The van der Waals surface area contributed by atoms with E-state index in [1.54, 1.807) is 29.9 Å². The summed E-state index contributed by atoms with van der Waals surface area (Å²) in [4.78, 5) is 27.6. The number of rotatable bonds is 7. The molecule has 0 amide bonds. The molecule has 0 fully saturated rings. The number of fused-ring (bicyclic) bond motifs is 1. The highest BCUT2D eigenvalue weighted by molar-refractivity contribution is 5.77. The van der Waals surface area contributed by atoms with Crippen molar-refractivity contribution in [2.75, 3.05) is 13.7 Å². The summed E-state index contributed by atoms with van der Waals surface area (Å²) >= 11 is 0. The quantitative estimate of drug-likeness (QED) is 0.834. The molecule has 0 aliphatic carbocycles. The molecule has 2 rings (SSSR count). The molecule has 1 aromatic heterocycles. The number of benzene rings is 1. The molecule has 0 aliphatic rings. The lowest BCUT2D eigenvalue weighted by molar-refractivity contribution is -0.137. The first-order valence-electron chi connectivity index (χ1n) is 6.82. The number of aromatic nitrogens is 2. The molecule has 0 saturated heterocycles. The van der Waals surface area contributed by atoms with Gasteiger partial charge in [-0.1, -0.05) is 12.1 Å². The van der Waals surface area contributed by atoms with Gasteiger partial charge in [0.25, 0.3) is 5.56 Å². The first-order chi connectivity index (χ1) is 10.1. The number of carbonyl (C=O) groups is 1. The van der Waals surface area contributed by atoms with Crippen LogP contribution < -0.4 is 5.56 Å². The molecular formula is C15H18N2O4. The molecule has 0 radical (unpaired) electrons. The summed E-state index contributed by atoms with van der Waals surface area (Å²) < 4.78 is 6.61. The summed E-state index contributed by atoms with van der Waals surface area (Å²) in [6.45, 7) is 0.821. The van der Waals surface area contributed by atoms with Crippen LogP contribution in [0.3, 0.4) is 0 Å². The number of carboxylic acids is 1. The fraction of sp³-hybridized carbons (Fsp3) is 0.400. The minimum absolute atomic E-state index is 0.0625. The van der Waals surface area contributed by atoms with E-state index in [2.05, 4.69) is 4.98 Å². The Morgan fingerprint density at radius 3 is 2.86 bits per heavy atom. The molecule has 21 heavy (non-hydrogen) atoms. The number of carboxylic acid groups (broad SMARTS) is 1. The Kier molecular flexibility index (Phi) is 5.05. The molecule has 1 aromatic carbocycles. The van der Waals surface area contributed by atoms with Crippen LogP contribution in [0.2, 0.25) is 0 Å². The molecule has 1 heterocycles. The monoisotopic (exact) mass is 290 g/mol. The van der Waals surface area contributed by atoms with E-state index in [1.165, 1.54) is 0 Å². The lowest BCUT2D eigenvalue weighted by Gasteiger charge is -2.12. The molecule has 0 saturated carbocycles. The van der Waals surface area contributed by atoms with Gasteiger partial charge in [0, 0.05) is 20.0 Å². The van der Waals surface area contributed by atoms with Gasteiger partial charge in [0.2, 0.25) is 0 Å². The second kappa shape index (κ2) is 6.99. The summed E-state index contributed by atoms with van der Waals surface area (Å²) in [6, 6.07) is 7.17. The third kappa shape index (κ3) is 3.66. The lowest BCUT2D eigenvalue weighted by atomic mass is 10.2. The average Bonchev–Trinajstić information content (AvgIpc) is 2.46. The van der Waals surface area contributed by atoms with E-state index in [-0.39, 0.29) is 12.0 Å². The maximum absolute atomic E-state index is 12.5. The second-order valence-electron chi connectivity index (χ2n) is 4.74. The molecule has 1 N–H and O–H groups in total. The zero-order valence-corrected chi connectivity index (χ0v) is 11.9. The van der Waals surface area contributed by atoms with E-state index in [0.29, 0.717) is 42.7 Å². The smallest absolute Gasteiger partial charge is 0.303 e. The van der Waals surface area contributed by atoms with Crippen LogP contribution in [0.15, 0.2) is 29.1 Å². The first-order valence-corrected chi connectivity index (χ1v) is 6.82. The molecule has 6 heteroatoms. The Balaban J connectivity index is 2.39. The van der Waals surface area contributed by atoms with Gasteiger partial charge in [-0.05, 0) is 18.6 Å². The largest absolute Gasteiger partial charge is 0.481 e. The molecule has 2 aromatic rings. The van der Waals surface area contributed by atoms with Gasteiger partial charge in [0.05, 0.1) is 24.1 Å². The van der Waals surface area contributed by atoms with Crippen LogP contribution in [0.4, 0.5) is 0 Å². The summed E-state index contributed by atoms with van der Waals surface area (Å²) in [7, 11) is 1.57. The van der Waals surface area contributed by atoms with Gasteiger partial charge in [-0.25, -0.2) is 4.98 Å². The van der Waals surface area contributed by atoms with Crippen molar-refractivity contribution < 1.29 is 14.6 Å². The van der Waals surface area contributed by atoms with Crippen molar-refractivity contribution in [3.63, 3.8) is 0 Å². The molecule has 0 bridgehead atoms. The van der Waals surface area contributed by atoms with Crippen LogP contribution in [-0.4, -0.2) is 34.3 Å². The number of aryl methyl sites for hydroxylation is 1. The van der Waals surface area contributed by atoms with E-state index in [4.69, 9.17) is 9.84 Å². The molecule has 0 aliphatic heterocycles. The molecule has 0 spiro atoms. The minimum Gasteiger partial charge on any atom is -0.481 e. The number of aliphatic carboxylic acids is 1. The highest BCUT2D eigenvalue weighted by atomic mass is 16.5. The molecule has 0 atom stereocenters. The van der Waals surface area contributed by atoms with E-state index in [0.717, 1.165) is 0 Å². The standard InChI is InChI=1S/C15H18N2O4/c1-21-10-9-17-13(7-4-8-14(18)19)16-12-6-3-2-5-11(12)15(17)20/h2-3,5-6H,4,7-10H2,1H3,(H,18,19). The summed E-state index contributed by atoms with van der Waals surface area (Å²) in [5.74, 6) is -0.237. The van der Waals surface area contributed by atoms with Crippen molar-refractivity contribution in [3.05, 3.63) is 40.4 Å². The van der Waals surface area contributed by atoms with E-state index < -0.39 is 5.97 Å². The zero-order chi connectivity index (χ0) is 15.2. The topological polar surface area (TPSA) is 81.4 Å². The third-order valence-corrected chi connectivity index (χ3v) is 3.25. The second-order valence-corrected chi connectivity index (χ2v) is 4.74. The number of ether oxygens (including phenoxy) is 1. The Labute approximate surface area is 122 Å². The van der Waals surface area contributed by atoms with Gasteiger partial charge in [-0.15, -0.1) is 0 Å². The maximum Gasteiger partial charge on any atom is 0.303 e. The van der Waals surface area contributed by atoms with Crippen LogP contribution in [0.5, 0.6) is 0 Å². The van der Waals surface area contributed by atoms with Crippen LogP contribution in [-0.2, 0) is 22.5 Å². The van der Waals surface area contributed by atoms with Crippen LogP contribution in [0.25, 0.3) is 10.9 Å². The number of para-hydroxylation sites is 1. The van der Waals surface area contributed by atoms with Crippen molar-refractivity contribution in [1.29, 1.82) is 0 Å². The number of nitrogens with zero attached hydrogens (tertiary/aromatic N) is 2. The maximum atomic E-state index is 12.5. The van der Waals surface area contributed by atoms with E-state index in [1.807, 2.05) is 6.07 Å². The fourth-order valence-electron chi connectivity index (χ4n) is 2.22. The Morgan fingerprint density at radius 2 is 2.14 bits per heavy atom. The first kappa shape index (κ1) is 15.2. The Morgan fingerprint density at radius 1 is 1.38 bits per heavy atom. The van der Waals surface area contributed by atoms with Crippen LogP contribution in [0, 0.1) is 0 Å². The normalized spacial score (nSPS) is 10.9. The van der Waals surface area contributed by atoms with Crippen LogP contribution >= 0.6 is 0 Å². The predicted octanol–water partition coefficient (Wildman–Crippen LogP) is 1.45. The fourth-order valence-corrected chi connectivity index (χ4v) is 2.22. The van der Waals surface area contributed by atoms with E-state index in [9.17, 15) is 9.59 Å². The highest BCUT2D eigenvalue weighted by Gasteiger charge is 2.11. The molecule has 6 nitrogen and oxygen atoms in total. The minimum atomic E-state index is -0.846. The zero-order valence-electron chi connectivity index (χ0n) is 11.9.